The molecule has 1 aliphatic rings. The number of carbonyl (C=O) groups is 2. The average molecular weight is 287 g/mol. The van der Waals surface area contributed by atoms with Crippen molar-refractivity contribution in [2.45, 2.75) is 6.54 Å². The zero-order valence-electron chi connectivity index (χ0n) is 11.0. The minimum Gasteiger partial charge on any atom is -0.359 e. The van der Waals surface area contributed by atoms with E-state index in [1.54, 1.807) is 0 Å². The van der Waals surface area contributed by atoms with Crippen molar-refractivity contribution in [2.75, 3.05) is 16.8 Å². The summed E-state index contributed by atoms with van der Waals surface area (Å²) < 4.78 is 5.10. The summed E-state index contributed by atoms with van der Waals surface area (Å²) in [6, 6.07) is 8.96. The fraction of sp³-hybridized carbons (Fsp3) is 0.154. The molecule has 0 saturated heterocycles. The number of hydrogen-bond acceptors (Lipinski definition) is 6. The molecular formula is C13H13N5O3. The van der Waals surface area contributed by atoms with Crippen molar-refractivity contribution < 1.29 is 14.1 Å². The number of nitrogens with zero attached hydrogens (tertiary/aromatic N) is 2. The van der Waals surface area contributed by atoms with Crippen molar-refractivity contribution in [2.24, 2.45) is 5.84 Å². The zero-order valence-corrected chi connectivity index (χ0v) is 11.0. The van der Waals surface area contributed by atoms with Gasteiger partial charge in [-0.1, -0.05) is 17.3 Å². The van der Waals surface area contributed by atoms with Crippen LogP contribution in [0.3, 0.4) is 0 Å². The summed E-state index contributed by atoms with van der Waals surface area (Å²) in [6.07, 6.45) is 0. The van der Waals surface area contributed by atoms with Gasteiger partial charge in [0.15, 0.2) is 11.5 Å². The molecule has 1 aliphatic heterocycles. The first kappa shape index (κ1) is 13.1. The molecule has 0 spiro atoms. The number of nitrogens with one attached hydrogen (secondary N) is 2. The van der Waals surface area contributed by atoms with E-state index in [4.69, 9.17) is 10.4 Å². The van der Waals surface area contributed by atoms with E-state index in [0.717, 1.165) is 11.4 Å². The van der Waals surface area contributed by atoms with Crippen molar-refractivity contribution in [1.29, 1.82) is 0 Å². The van der Waals surface area contributed by atoms with Crippen LogP contribution in [-0.2, 0) is 11.3 Å². The molecule has 4 N–H and O–H groups in total. The molecule has 8 nitrogen and oxygen atoms in total. The van der Waals surface area contributed by atoms with E-state index in [2.05, 4.69) is 10.5 Å². The Kier molecular flexibility index (Phi) is 3.28. The standard InChI is InChI=1S/C13H13N5O3/c14-16-13(20)10-5-8(21-17-10)6-18-7-12(19)15-9-3-1-2-4-11(9)18/h1-5H,6-7,14H2,(H,15,19)(H,16,20). The summed E-state index contributed by atoms with van der Waals surface area (Å²) in [6.45, 7) is 0.533. The number of carbonyl (C=O) groups excluding carboxylic acids is 2. The van der Waals surface area contributed by atoms with Gasteiger partial charge in [-0.05, 0) is 12.1 Å². The van der Waals surface area contributed by atoms with Crippen LogP contribution in [0.2, 0.25) is 0 Å². The predicted molar refractivity (Wildman–Crippen MR) is 74.3 cm³/mol. The van der Waals surface area contributed by atoms with Crippen LogP contribution in [0.15, 0.2) is 34.9 Å². The van der Waals surface area contributed by atoms with Gasteiger partial charge < -0.3 is 14.7 Å². The highest BCUT2D eigenvalue weighted by Gasteiger charge is 2.23. The quantitative estimate of drug-likeness (QED) is 0.423. The Hall–Kier alpha value is -2.87. The first-order valence-corrected chi connectivity index (χ1v) is 6.28. The summed E-state index contributed by atoms with van der Waals surface area (Å²) in [5.74, 6) is 4.88. The fourth-order valence-corrected chi connectivity index (χ4v) is 2.20. The lowest BCUT2D eigenvalue weighted by Crippen LogP contribution is -2.37. The van der Waals surface area contributed by atoms with Crippen LogP contribution in [0.4, 0.5) is 11.4 Å². The highest BCUT2D eigenvalue weighted by atomic mass is 16.5. The summed E-state index contributed by atoms with van der Waals surface area (Å²) in [5.41, 5.74) is 3.71. The van der Waals surface area contributed by atoms with Crippen LogP contribution >= 0.6 is 0 Å². The second-order valence-corrected chi connectivity index (χ2v) is 4.57. The number of rotatable bonds is 3. The Morgan fingerprint density at radius 2 is 2.29 bits per heavy atom. The number of para-hydroxylation sites is 2. The lowest BCUT2D eigenvalue weighted by atomic mass is 10.2. The van der Waals surface area contributed by atoms with E-state index < -0.39 is 5.91 Å². The van der Waals surface area contributed by atoms with Gasteiger partial charge in [0, 0.05) is 6.07 Å². The van der Waals surface area contributed by atoms with Crippen LogP contribution in [0.5, 0.6) is 0 Å². The normalized spacial score (nSPS) is 13.6. The Bertz CT molecular complexity index is 697. The molecule has 108 valence electrons. The van der Waals surface area contributed by atoms with Gasteiger partial charge in [0.25, 0.3) is 5.91 Å². The number of amides is 2. The highest BCUT2D eigenvalue weighted by Crippen LogP contribution is 2.30. The number of hydrazine groups is 1. The van der Waals surface area contributed by atoms with Gasteiger partial charge >= 0.3 is 0 Å². The second kappa shape index (κ2) is 5.25. The zero-order chi connectivity index (χ0) is 14.8. The van der Waals surface area contributed by atoms with E-state index in [1.807, 2.05) is 34.6 Å². The third kappa shape index (κ3) is 2.56. The molecule has 1 aromatic carbocycles. The molecule has 2 heterocycles. The molecule has 0 bridgehead atoms. The average Bonchev–Trinajstić information content (AvgIpc) is 2.95. The number of anilines is 2. The molecule has 0 unspecified atom stereocenters. The molecule has 8 heteroatoms. The summed E-state index contributed by atoms with van der Waals surface area (Å²) in [5, 5.41) is 6.43. The van der Waals surface area contributed by atoms with Crippen molar-refractivity contribution in [1.82, 2.24) is 10.6 Å². The minimum absolute atomic E-state index is 0.0993. The molecule has 2 amide bonds. The van der Waals surface area contributed by atoms with Crippen LogP contribution in [0.25, 0.3) is 0 Å². The van der Waals surface area contributed by atoms with Gasteiger partial charge in [0.2, 0.25) is 5.91 Å². The monoisotopic (exact) mass is 287 g/mol. The molecule has 3 rings (SSSR count). The van der Waals surface area contributed by atoms with Crippen molar-refractivity contribution in [3.05, 3.63) is 41.8 Å². The SMILES string of the molecule is NNC(=O)c1cc(CN2CC(=O)Nc3ccccc32)on1. The van der Waals surface area contributed by atoms with Gasteiger partial charge in [-0.25, -0.2) is 5.84 Å². The van der Waals surface area contributed by atoms with Gasteiger partial charge in [0.1, 0.15) is 0 Å². The third-order valence-electron chi connectivity index (χ3n) is 3.12. The predicted octanol–water partition coefficient (Wildman–Crippen LogP) is 0.237. The Morgan fingerprint density at radius 1 is 1.48 bits per heavy atom. The molecule has 0 aliphatic carbocycles. The Labute approximate surface area is 119 Å². The number of nitrogens with two attached hydrogens (primary N) is 1. The number of aromatic nitrogens is 1. The first-order valence-electron chi connectivity index (χ1n) is 6.28. The molecule has 0 saturated carbocycles. The van der Waals surface area contributed by atoms with Gasteiger partial charge in [-0.2, -0.15) is 0 Å². The van der Waals surface area contributed by atoms with Crippen LogP contribution in [-0.4, -0.2) is 23.5 Å². The molecule has 0 radical (unpaired) electrons. The van der Waals surface area contributed by atoms with E-state index in [-0.39, 0.29) is 18.1 Å². The second-order valence-electron chi connectivity index (χ2n) is 4.57. The fourth-order valence-electron chi connectivity index (χ4n) is 2.20. The first-order chi connectivity index (χ1) is 10.2. The van der Waals surface area contributed by atoms with E-state index >= 15 is 0 Å². The molecule has 21 heavy (non-hydrogen) atoms. The van der Waals surface area contributed by atoms with Gasteiger partial charge in [-0.3, -0.25) is 15.0 Å². The van der Waals surface area contributed by atoms with Crippen LogP contribution in [0, 0.1) is 0 Å². The summed E-state index contributed by atoms with van der Waals surface area (Å²) >= 11 is 0. The maximum absolute atomic E-state index is 11.7. The van der Waals surface area contributed by atoms with E-state index in [9.17, 15) is 9.59 Å². The van der Waals surface area contributed by atoms with Gasteiger partial charge in [-0.15, -0.1) is 0 Å². The maximum Gasteiger partial charge on any atom is 0.287 e. The van der Waals surface area contributed by atoms with Crippen molar-refractivity contribution in [3.8, 4) is 0 Å². The maximum atomic E-state index is 11.7. The third-order valence-corrected chi connectivity index (χ3v) is 3.12. The van der Waals surface area contributed by atoms with Crippen molar-refractivity contribution >= 4 is 23.2 Å². The van der Waals surface area contributed by atoms with E-state index in [0.29, 0.717) is 12.3 Å². The summed E-state index contributed by atoms with van der Waals surface area (Å²) in [7, 11) is 0. The highest BCUT2D eigenvalue weighted by molar-refractivity contribution is 6.01. The lowest BCUT2D eigenvalue weighted by molar-refractivity contribution is -0.115. The molecule has 0 atom stereocenters. The molecule has 1 aromatic heterocycles. The Morgan fingerprint density at radius 3 is 3.10 bits per heavy atom. The molecule has 2 aromatic rings. The number of hydrogen-bond donors (Lipinski definition) is 3. The smallest absolute Gasteiger partial charge is 0.287 e. The van der Waals surface area contributed by atoms with Crippen LogP contribution < -0.4 is 21.5 Å². The van der Waals surface area contributed by atoms with Crippen molar-refractivity contribution in [3.63, 3.8) is 0 Å². The number of fused-ring (bicyclic) bond motifs is 1. The largest absolute Gasteiger partial charge is 0.359 e. The summed E-state index contributed by atoms with van der Waals surface area (Å²) in [4.78, 5) is 24.9. The topological polar surface area (TPSA) is 113 Å². The lowest BCUT2D eigenvalue weighted by Gasteiger charge is -2.29. The Balaban J connectivity index is 1.83. The minimum atomic E-state index is -0.526. The number of nitrogen functional groups attached to an aromatic ring is 1. The van der Waals surface area contributed by atoms with Gasteiger partial charge in [0.05, 0.1) is 24.5 Å². The number of benzene rings is 1. The molecule has 0 fully saturated rings. The van der Waals surface area contributed by atoms with Crippen LogP contribution in [0.1, 0.15) is 16.2 Å². The van der Waals surface area contributed by atoms with E-state index in [1.165, 1.54) is 6.07 Å². The molecular weight excluding hydrogens is 274 g/mol.